The number of carbonyl (C=O) groups is 1. The number of amides is 1. The molecule has 4 nitrogen and oxygen atoms in total. The summed E-state index contributed by atoms with van der Waals surface area (Å²) in [5.41, 5.74) is 2.60. The third-order valence-electron chi connectivity index (χ3n) is 5.62. The highest BCUT2D eigenvalue weighted by atomic mass is 35.5. The molecule has 7 heteroatoms. The molecular formula is C24H29ClN2O2S2. The van der Waals surface area contributed by atoms with E-state index in [-0.39, 0.29) is 18.6 Å². The summed E-state index contributed by atoms with van der Waals surface area (Å²) in [7, 11) is 0. The molecule has 2 aromatic carbocycles. The van der Waals surface area contributed by atoms with Gasteiger partial charge in [-0.15, -0.1) is 23.5 Å². The Hall–Kier alpha value is -1.34. The van der Waals surface area contributed by atoms with E-state index in [4.69, 9.17) is 16.3 Å². The van der Waals surface area contributed by atoms with E-state index in [0.29, 0.717) is 4.58 Å². The van der Waals surface area contributed by atoms with Gasteiger partial charge in [0.2, 0.25) is 0 Å². The molecule has 0 atom stereocenters. The van der Waals surface area contributed by atoms with Crippen molar-refractivity contribution in [1.29, 1.82) is 0 Å². The molecule has 2 heterocycles. The minimum absolute atomic E-state index is 0.0429. The molecule has 2 fully saturated rings. The van der Waals surface area contributed by atoms with E-state index in [9.17, 15) is 4.79 Å². The molecule has 1 N–H and O–H groups in total. The van der Waals surface area contributed by atoms with Crippen LogP contribution in [0.15, 0.2) is 48.5 Å². The minimum atomic E-state index is -0.0429. The fraction of sp³-hybridized carbons (Fsp3) is 0.458. The predicted octanol–water partition coefficient (Wildman–Crippen LogP) is 5.37. The van der Waals surface area contributed by atoms with Crippen molar-refractivity contribution in [2.75, 3.05) is 31.2 Å². The molecule has 0 spiro atoms. The van der Waals surface area contributed by atoms with Gasteiger partial charge in [0.25, 0.3) is 5.91 Å². The van der Waals surface area contributed by atoms with Gasteiger partial charge in [0.1, 0.15) is 5.75 Å². The average molecular weight is 477 g/mol. The van der Waals surface area contributed by atoms with E-state index in [2.05, 4.69) is 34.5 Å². The second-order valence-corrected chi connectivity index (χ2v) is 11.2. The molecule has 4 rings (SSSR count). The van der Waals surface area contributed by atoms with Crippen molar-refractivity contribution in [3.05, 3.63) is 64.7 Å². The van der Waals surface area contributed by atoms with Crippen molar-refractivity contribution in [3.8, 4) is 5.75 Å². The SMILES string of the molecule is O=C(COc1ccc(C2SCCCS2)cc1)NC1CCN(Cc2ccc(Cl)cc2)CC1. The van der Waals surface area contributed by atoms with E-state index >= 15 is 0 Å². The van der Waals surface area contributed by atoms with Gasteiger partial charge in [0, 0.05) is 30.7 Å². The second-order valence-electron chi connectivity index (χ2n) is 8.03. The van der Waals surface area contributed by atoms with Crippen molar-refractivity contribution >= 4 is 41.0 Å². The van der Waals surface area contributed by atoms with Crippen LogP contribution in [0.1, 0.15) is 35.0 Å². The Morgan fingerprint density at radius 2 is 1.71 bits per heavy atom. The maximum atomic E-state index is 12.3. The largest absolute Gasteiger partial charge is 0.484 e. The smallest absolute Gasteiger partial charge is 0.258 e. The zero-order chi connectivity index (χ0) is 21.5. The summed E-state index contributed by atoms with van der Waals surface area (Å²) in [5.74, 6) is 3.17. The number of halogens is 1. The van der Waals surface area contributed by atoms with Crippen molar-refractivity contribution in [3.63, 3.8) is 0 Å². The molecule has 0 aliphatic carbocycles. The van der Waals surface area contributed by atoms with E-state index < -0.39 is 0 Å². The molecule has 0 radical (unpaired) electrons. The number of ether oxygens (including phenoxy) is 1. The molecule has 2 aliphatic heterocycles. The first kappa shape index (κ1) is 22.8. The maximum Gasteiger partial charge on any atom is 0.258 e. The van der Waals surface area contributed by atoms with Crippen molar-refractivity contribution in [2.45, 2.75) is 36.4 Å². The lowest BCUT2D eigenvalue weighted by molar-refractivity contribution is -0.124. The minimum Gasteiger partial charge on any atom is -0.484 e. The highest BCUT2D eigenvalue weighted by Crippen LogP contribution is 2.43. The fourth-order valence-electron chi connectivity index (χ4n) is 3.90. The van der Waals surface area contributed by atoms with Gasteiger partial charge in [-0.2, -0.15) is 0 Å². The Kier molecular flexibility index (Phi) is 8.48. The molecule has 0 saturated carbocycles. The molecule has 2 aliphatic rings. The van der Waals surface area contributed by atoms with Crippen LogP contribution in [0.4, 0.5) is 0 Å². The molecular weight excluding hydrogens is 448 g/mol. The first-order valence-corrected chi connectivity index (χ1v) is 13.4. The number of nitrogens with one attached hydrogen (secondary N) is 1. The number of hydrogen-bond acceptors (Lipinski definition) is 5. The summed E-state index contributed by atoms with van der Waals surface area (Å²) < 4.78 is 6.24. The zero-order valence-electron chi connectivity index (χ0n) is 17.6. The molecule has 0 unspecified atom stereocenters. The van der Waals surface area contributed by atoms with Crippen LogP contribution in [0, 0.1) is 0 Å². The van der Waals surface area contributed by atoms with Crippen LogP contribution >= 0.6 is 35.1 Å². The van der Waals surface area contributed by atoms with Crippen LogP contribution in [0.2, 0.25) is 5.02 Å². The fourth-order valence-corrected chi connectivity index (χ4v) is 6.92. The van der Waals surface area contributed by atoms with E-state index in [0.717, 1.165) is 43.2 Å². The highest BCUT2D eigenvalue weighted by molar-refractivity contribution is 8.16. The molecule has 166 valence electrons. The summed E-state index contributed by atoms with van der Waals surface area (Å²) in [6, 6.07) is 16.5. The van der Waals surface area contributed by atoms with Gasteiger partial charge in [-0.25, -0.2) is 0 Å². The standard InChI is InChI=1S/C24H29ClN2O2S2/c25-20-6-2-18(3-7-20)16-27-12-10-21(11-13-27)26-23(28)17-29-22-8-4-19(5-9-22)24-30-14-1-15-31-24/h2-9,21,24H,1,10-17H2,(H,26,28). The van der Waals surface area contributed by atoms with E-state index in [1.165, 1.54) is 29.1 Å². The number of hydrogen-bond donors (Lipinski definition) is 1. The predicted molar refractivity (Wildman–Crippen MR) is 132 cm³/mol. The summed E-state index contributed by atoms with van der Waals surface area (Å²) in [6.45, 7) is 2.95. The number of benzene rings is 2. The summed E-state index contributed by atoms with van der Waals surface area (Å²) in [4.78, 5) is 14.8. The Labute approximate surface area is 198 Å². The summed E-state index contributed by atoms with van der Waals surface area (Å²) in [5, 5.41) is 3.90. The van der Waals surface area contributed by atoms with Gasteiger partial charge >= 0.3 is 0 Å². The van der Waals surface area contributed by atoms with Gasteiger partial charge in [-0.1, -0.05) is 35.9 Å². The number of likely N-dealkylation sites (tertiary alicyclic amines) is 1. The lowest BCUT2D eigenvalue weighted by atomic mass is 10.0. The molecule has 0 bridgehead atoms. The third-order valence-corrected chi connectivity index (χ3v) is 8.89. The first-order chi connectivity index (χ1) is 15.2. The monoisotopic (exact) mass is 476 g/mol. The van der Waals surface area contributed by atoms with Crippen LogP contribution < -0.4 is 10.1 Å². The quantitative estimate of drug-likeness (QED) is 0.582. The summed E-state index contributed by atoms with van der Waals surface area (Å²) >= 11 is 9.98. The number of nitrogens with zero attached hydrogens (tertiary/aromatic N) is 1. The first-order valence-electron chi connectivity index (χ1n) is 10.9. The number of piperidine rings is 1. The van der Waals surface area contributed by atoms with Gasteiger partial charge in [-0.05, 0) is 66.2 Å². The van der Waals surface area contributed by atoms with Gasteiger partial charge in [-0.3, -0.25) is 9.69 Å². The Morgan fingerprint density at radius 1 is 1.03 bits per heavy atom. The van der Waals surface area contributed by atoms with Crippen LogP contribution in [0.3, 0.4) is 0 Å². The van der Waals surface area contributed by atoms with Crippen molar-refractivity contribution < 1.29 is 9.53 Å². The van der Waals surface area contributed by atoms with Gasteiger partial charge in [0.15, 0.2) is 6.61 Å². The average Bonchev–Trinajstić information content (AvgIpc) is 2.81. The lowest BCUT2D eigenvalue weighted by Gasteiger charge is -2.32. The van der Waals surface area contributed by atoms with E-state index in [1.807, 2.05) is 47.8 Å². The normalized spacial score (nSPS) is 18.6. The second kappa shape index (κ2) is 11.5. The number of carbonyl (C=O) groups excluding carboxylic acids is 1. The molecule has 1 amide bonds. The van der Waals surface area contributed by atoms with Crippen LogP contribution in [-0.2, 0) is 11.3 Å². The Morgan fingerprint density at radius 3 is 2.39 bits per heavy atom. The zero-order valence-corrected chi connectivity index (χ0v) is 20.0. The van der Waals surface area contributed by atoms with Gasteiger partial charge < -0.3 is 10.1 Å². The topological polar surface area (TPSA) is 41.6 Å². The van der Waals surface area contributed by atoms with Crippen LogP contribution in [-0.4, -0.2) is 48.1 Å². The highest BCUT2D eigenvalue weighted by Gasteiger charge is 2.21. The molecule has 2 saturated heterocycles. The third kappa shape index (κ3) is 7.07. The van der Waals surface area contributed by atoms with Crippen molar-refractivity contribution in [2.24, 2.45) is 0 Å². The van der Waals surface area contributed by atoms with Crippen LogP contribution in [0.5, 0.6) is 5.75 Å². The number of rotatable bonds is 7. The number of thioether (sulfide) groups is 2. The molecule has 0 aromatic heterocycles. The van der Waals surface area contributed by atoms with Gasteiger partial charge in [0.05, 0.1) is 4.58 Å². The van der Waals surface area contributed by atoms with Crippen LogP contribution in [0.25, 0.3) is 0 Å². The molecule has 31 heavy (non-hydrogen) atoms. The van der Waals surface area contributed by atoms with Crippen molar-refractivity contribution in [1.82, 2.24) is 10.2 Å². The Bertz CT molecular complexity index is 834. The van der Waals surface area contributed by atoms with E-state index in [1.54, 1.807) is 0 Å². The maximum absolute atomic E-state index is 12.3. The molecule has 2 aromatic rings. The Balaban J connectivity index is 1.15. The summed E-state index contributed by atoms with van der Waals surface area (Å²) in [6.07, 6.45) is 3.22. The lowest BCUT2D eigenvalue weighted by Crippen LogP contribution is -2.45.